The highest BCUT2D eigenvalue weighted by Gasteiger charge is 2.47. The molecule has 3 aromatic rings. The molecule has 0 unspecified atom stereocenters. The van der Waals surface area contributed by atoms with E-state index >= 15 is 0 Å². The average molecular weight is 452 g/mol. The lowest BCUT2D eigenvalue weighted by Crippen LogP contribution is -2.45. The summed E-state index contributed by atoms with van der Waals surface area (Å²) in [6.07, 6.45) is 3.63. The summed E-state index contributed by atoms with van der Waals surface area (Å²) in [7, 11) is 0. The van der Waals surface area contributed by atoms with E-state index in [1.54, 1.807) is 6.20 Å². The van der Waals surface area contributed by atoms with Gasteiger partial charge in [0, 0.05) is 47.6 Å². The second-order valence-corrected chi connectivity index (χ2v) is 9.20. The van der Waals surface area contributed by atoms with Gasteiger partial charge in [0.2, 0.25) is 5.91 Å². The van der Waals surface area contributed by atoms with Crippen LogP contribution in [0, 0.1) is 23.7 Å². The molecule has 1 amide bonds. The molecule has 1 heterocycles. The molecule has 4 nitrogen and oxygen atoms in total. The van der Waals surface area contributed by atoms with Gasteiger partial charge in [-0.2, -0.15) is 0 Å². The van der Waals surface area contributed by atoms with Crippen LogP contribution in [0.25, 0.3) is 11.1 Å². The van der Waals surface area contributed by atoms with E-state index in [9.17, 15) is 4.79 Å². The van der Waals surface area contributed by atoms with E-state index in [1.165, 1.54) is 0 Å². The minimum atomic E-state index is -0.0760. The van der Waals surface area contributed by atoms with Crippen LogP contribution in [0.5, 0.6) is 0 Å². The third-order valence-electron chi connectivity index (χ3n) is 6.88. The van der Waals surface area contributed by atoms with Gasteiger partial charge in [-0.25, -0.2) is 0 Å². The molecule has 0 spiro atoms. The van der Waals surface area contributed by atoms with Gasteiger partial charge in [-0.1, -0.05) is 56.5 Å². The van der Waals surface area contributed by atoms with Crippen molar-refractivity contribution in [3.63, 3.8) is 0 Å². The number of amides is 1. The first-order valence-corrected chi connectivity index (χ1v) is 12.1. The summed E-state index contributed by atoms with van der Waals surface area (Å²) in [5.74, 6) is 6.64. The zero-order chi connectivity index (χ0) is 24.1. The number of anilines is 1. The number of aromatic nitrogens is 1. The maximum Gasteiger partial charge on any atom is 0.230 e. The molecule has 4 atom stereocenters. The molecule has 2 N–H and O–H groups in total. The van der Waals surface area contributed by atoms with Crippen molar-refractivity contribution in [3.8, 4) is 23.0 Å². The molecule has 0 radical (unpaired) electrons. The van der Waals surface area contributed by atoms with Crippen molar-refractivity contribution >= 4 is 11.6 Å². The normalized spacial score (nSPS) is 18.4. The Bertz CT molecular complexity index is 1160. The van der Waals surface area contributed by atoms with Crippen molar-refractivity contribution in [2.24, 2.45) is 17.6 Å². The molecule has 1 aliphatic carbocycles. The molecule has 0 bridgehead atoms. The maximum atomic E-state index is 13.6. The van der Waals surface area contributed by atoms with Gasteiger partial charge in [0.05, 0.1) is 0 Å². The number of rotatable bonds is 8. The van der Waals surface area contributed by atoms with Gasteiger partial charge in [0.25, 0.3) is 0 Å². The Morgan fingerprint density at radius 3 is 2.35 bits per heavy atom. The Morgan fingerprint density at radius 1 is 1.09 bits per heavy atom. The molecule has 4 rings (SSSR count). The third-order valence-corrected chi connectivity index (χ3v) is 6.88. The van der Waals surface area contributed by atoms with Crippen LogP contribution in [0.2, 0.25) is 0 Å². The molecule has 4 heteroatoms. The first-order valence-electron chi connectivity index (χ1n) is 12.1. The van der Waals surface area contributed by atoms with E-state index in [2.05, 4.69) is 54.9 Å². The topological polar surface area (TPSA) is 59.2 Å². The summed E-state index contributed by atoms with van der Waals surface area (Å²) < 4.78 is 0. The summed E-state index contributed by atoms with van der Waals surface area (Å²) >= 11 is 0. The fraction of sp³-hybridized carbons (Fsp3) is 0.333. The molecule has 0 aliphatic heterocycles. The molecule has 174 valence electrons. The first kappa shape index (κ1) is 23.7. The quantitative estimate of drug-likeness (QED) is 0.452. The van der Waals surface area contributed by atoms with Crippen molar-refractivity contribution in [1.82, 2.24) is 4.98 Å². The number of pyridine rings is 1. The van der Waals surface area contributed by atoms with Crippen molar-refractivity contribution in [2.45, 2.75) is 45.6 Å². The standard InChI is InChI=1S/C30H33N3O/c1-4-8-22-10-12-23(13-11-22)24-14-16-25(17-15-24)33(20-28(31)21(3)5-2)30(34)27-19-26(27)29-9-6-7-18-32-29/h6-7,9-18,21,26-28H,5,19-20,31H2,1-3H3/t21-,26+,27+,28+/m0/s1. The summed E-state index contributed by atoms with van der Waals surface area (Å²) in [6, 6.07) is 22.3. The zero-order valence-electron chi connectivity index (χ0n) is 20.2. The van der Waals surface area contributed by atoms with Gasteiger partial charge < -0.3 is 10.6 Å². The van der Waals surface area contributed by atoms with Crippen molar-refractivity contribution in [1.29, 1.82) is 0 Å². The fourth-order valence-electron chi connectivity index (χ4n) is 4.33. The van der Waals surface area contributed by atoms with Crippen LogP contribution in [-0.4, -0.2) is 23.5 Å². The smallest absolute Gasteiger partial charge is 0.230 e. The van der Waals surface area contributed by atoms with Crippen molar-refractivity contribution in [2.75, 3.05) is 11.4 Å². The largest absolute Gasteiger partial charge is 0.326 e. The molecule has 2 aromatic carbocycles. The number of hydrogen-bond donors (Lipinski definition) is 1. The van der Waals surface area contributed by atoms with Crippen LogP contribution in [0.3, 0.4) is 0 Å². The monoisotopic (exact) mass is 451 g/mol. The highest BCUT2D eigenvalue weighted by molar-refractivity contribution is 5.97. The van der Waals surface area contributed by atoms with E-state index < -0.39 is 0 Å². The zero-order valence-corrected chi connectivity index (χ0v) is 20.2. The molecule has 34 heavy (non-hydrogen) atoms. The summed E-state index contributed by atoms with van der Waals surface area (Å²) in [4.78, 5) is 20.0. The van der Waals surface area contributed by atoms with Crippen LogP contribution < -0.4 is 10.6 Å². The van der Waals surface area contributed by atoms with Crippen LogP contribution in [-0.2, 0) is 4.79 Å². The van der Waals surface area contributed by atoms with E-state index in [1.807, 2.05) is 54.3 Å². The van der Waals surface area contributed by atoms with Gasteiger partial charge in [0.15, 0.2) is 0 Å². The second kappa shape index (κ2) is 10.7. The summed E-state index contributed by atoms with van der Waals surface area (Å²) in [6.45, 7) is 6.65. The predicted octanol–water partition coefficient (Wildman–Crippen LogP) is 5.63. The summed E-state index contributed by atoms with van der Waals surface area (Å²) in [5.41, 5.74) is 11.6. The van der Waals surface area contributed by atoms with Gasteiger partial charge in [-0.05, 0) is 66.8 Å². The minimum absolute atomic E-state index is 0.0362. The van der Waals surface area contributed by atoms with Gasteiger partial charge in [-0.3, -0.25) is 9.78 Å². The van der Waals surface area contributed by atoms with Gasteiger partial charge in [0.1, 0.15) is 0 Å². The van der Waals surface area contributed by atoms with Crippen LogP contribution in [0.1, 0.15) is 50.8 Å². The Hall–Kier alpha value is -3.42. The lowest BCUT2D eigenvalue weighted by atomic mass is 9.98. The minimum Gasteiger partial charge on any atom is -0.326 e. The molecule has 1 aromatic heterocycles. The van der Waals surface area contributed by atoms with Crippen LogP contribution >= 0.6 is 0 Å². The second-order valence-electron chi connectivity index (χ2n) is 9.20. The molecule has 1 saturated carbocycles. The number of hydrogen-bond acceptors (Lipinski definition) is 3. The molecule has 1 fully saturated rings. The number of carbonyl (C=O) groups excluding carboxylic acids is 1. The molecular formula is C30H33N3O. The Kier molecular flexibility index (Phi) is 7.45. The molecule has 1 aliphatic rings. The average Bonchev–Trinajstić information content (AvgIpc) is 3.69. The summed E-state index contributed by atoms with van der Waals surface area (Å²) in [5, 5.41) is 0. The number of benzene rings is 2. The number of nitrogens with zero attached hydrogens (tertiary/aromatic N) is 2. The van der Waals surface area contributed by atoms with Crippen LogP contribution in [0.15, 0.2) is 72.9 Å². The van der Waals surface area contributed by atoms with E-state index in [0.717, 1.165) is 40.9 Å². The Labute approximate surface area is 203 Å². The van der Waals surface area contributed by atoms with Gasteiger partial charge in [-0.15, -0.1) is 5.92 Å². The van der Waals surface area contributed by atoms with Crippen LogP contribution in [0.4, 0.5) is 5.69 Å². The SMILES string of the molecule is CC#Cc1ccc(-c2ccc(N(C[C@@H](N)[C@@H](C)CC)C(=O)[C@@H]3C[C@H]3c3ccccn3)cc2)cc1. The Balaban J connectivity index is 1.56. The first-order chi connectivity index (χ1) is 16.5. The van der Waals surface area contributed by atoms with E-state index in [4.69, 9.17) is 5.73 Å². The Morgan fingerprint density at radius 2 is 1.76 bits per heavy atom. The third kappa shape index (κ3) is 5.38. The predicted molar refractivity (Wildman–Crippen MR) is 139 cm³/mol. The van der Waals surface area contributed by atoms with E-state index in [-0.39, 0.29) is 23.8 Å². The van der Waals surface area contributed by atoms with Crippen molar-refractivity contribution in [3.05, 3.63) is 84.2 Å². The lowest BCUT2D eigenvalue weighted by Gasteiger charge is -2.29. The number of nitrogens with two attached hydrogens (primary N) is 1. The highest BCUT2D eigenvalue weighted by atomic mass is 16.2. The highest BCUT2D eigenvalue weighted by Crippen LogP contribution is 2.48. The van der Waals surface area contributed by atoms with E-state index in [0.29, 0.717) is 12.5 Å². The maximum absolute atomic E-state index is 13.6. The lowest BCUT2D eigenvalue weighted by molar-refractivity contribution is -0.120. The number of carbonyl (C=O) groups is 1. The molecule has 0 saturated heterocycles. The fourth-order valence-corrected chi connectivity index (χ4v) is 4.33. The van der Waals surface area contributed by atoms with Crippen molar-refractivity contribution < 1.29 is 4.79 Å². The van der Waals surface area contributed by atoms with Gasteiger partial charge >= 0.3 is 0 Å². The molecular weight excluding hydrogens is 418 g/mol.